The molecule has 20 heavy (non-hydrogen) atoms. The molecule has 3 unspecified atom stereocenters. The van der Waals surface area contributed by atoms with Gasteiger partial charge in [-0.15, -0.1) is 0 Å². The summed E-state index contributed by atoms with van der Waals surface area (Å²) in [4.78, 5) is 14.8. The minimum Gasteiger partial charge on any atom is -0.343 e. The number of nitrogens with two attached hydrogens (primary N) is 1. The van der Waals surface area contributed by atoms with Crippen LogP contribution in [0.2, 0.25) is 0 Å². The maximum absolute atomic E-state index is 12.7. The SMILES string of the molecule is CC(C(=O)N(C)C1CCCCCC1)C1CCCC(N)C1. The highest BCUT2D eigenvalue weighted by Crippen LogP contribution is 2.31. The summed E-state index contributed by atoms with van der Waals surface area (Å²) >= 11 is 0. The number of hydrogen-bond donors (Lipinski definition) is 1. The van der Waals surface area contributed by atoms with E-state index in [0.29, 0.717) is 23.9 Å². The van der Waals surface area contributed by atoms with Crippen molar-refractivity contribution in [3.63, 3.8) is 0 Å². The average molecular weight is 280 g/mol. The molecule has 116 valence electrons. The molecule has 2 saturated carbocycles. The van der Waals surface area contributed by atoms with E-state index in [2.05, 4.69) is 11.8 Å². The van der Waals surface area contributed by atoms with Crippen LogP contribution in [-0.2, 0) is 4.79 Å². The monoisotopic (exact) mass is 280 g/mol. The van der Waals surface area contributed by atoms with Crippen molar-refractivity contribution in [3.8, 4) is 0 Å². The van der Waals surface area contributed by atoms with Gasteiger partial charge in [-0.05, 0) is 38.0 Å². The second-order valence-corrected chi connectivity index (χ2v) is 7.07. The third kappa shape index (κ3) is 3.97. The zero-order valence-corrected chi connectivity index (χ0v) is 13.3. The lowest BCUT2D eigenvalue weighted by Crippen LogP contribution is -2.43. The Morgan fingerprint density at radius 2 is 1.70 bits per heavy atom. The van der Waals surface area contributed by atoms with Crippen LogP contribution < -0.4 is 5.73 Å². The lowest BCUT2D eigenvalue weighted by Gasteiger charge is -2.35. The number of hydrogen-bond acceptors (Lipinski definition) is 2. The first-order valence-corrected chi connectivity index (χ1v) is 8.62. The molecular weight excluding hydrogens is 248 g/mol. The molecule has 2 aliphatic rings. The standard InChI is InChI=1S/C17H32N2O/c1-13(14-8-7-9-15(18)12-14)17(20)19(2)16-10-5-3-4-6-11-16/h13-16H,3-12,18H2,1-2H3. The molecule has 2 rings (SSSR count). The van der Waals surface area contributed by atoms with Gasteiger partial charge in [0.25, 0.3) is 0 Å². The Morgan fingerprint density at radius 1 is 1.05 bits per heavy atom. The van der Waals surface area contributed by atoms with E-state index in [1.54, 1.807) is 0 Å². The first-order chi connectivity index (χ1) is 9.59. The van der Waals surface area contributed by atoms with E-state index in [0.717, 1.165) is 12.8 Å². The molecule has 0 heterocycles. The summed E-state index contributed by atoms with van der Waals surface area (Å²) in [7, 11) is 2.03. The maximum Gasteiger partial charge on any atom is 0.225 e. The molecule has 2 fully saturated rings. The largest absolute Gasteiger partial charge is 0.343 e. The van der Waals surface area contributed by atoms with Gasteiger partial charge in [-0.25, -0.2) is 0 Å². The molecule has 1 amide bonds. The fourth-order valence-electron chi connectivity index (χ4n) is 4.07. The summed E-state index contributed by atoms with van der Waals surface area (Å²) in [6, 6.07) is 0.789. The maximum atomic E-state index is 12.7. The number of rotatable bonds is 3. The Labute approximate surface area is 124 Å². The first kappa shape index (κ1) is 15.8. The zero-order valence-electron chi connectivity index (χ0n) is 13.3. The summed E-state index contributed by atoms with van der Waals surface area (Å²) in [5.74, 6) is 1.00. The van der Waals surface area contributed by atoms with Gasteiger partial charge in [-0.3, -0.25) is 4.79 Å². The molecular formula is C17H32N2O. The molecule has 0 aromatic rings. The van der Waals surface area contributed by atoms with Gasteiger partial charge in [0, 0.05) is 25.0 Å². The van der Waals surface area contributed by atoms with E-state index in [9.17, 15) is 4.79 Å². The van der Waals surface area contributed by atoms with Crippen LogP contribution in [0.1, 0.15) is 71.1 Å². The van der Waals surface area contributed by atoms with E-state index in [1.807, 2.05) is 7.05 Å². The molecule has 0 spiro atoms. The summed E-state index contributed by atoms with van der Waals surface area (Å²) in [5.41, 5.74) is 6.08. The van der Waals surface area contributed by atoms with E-state index in [4.69, 9.17) is 5.73 Å². The topological polar surface area (TPSA) is 46.3 Å². The Morgan fingerprint density at radius 3 is 2.30 bits per heavy atom. The van der Waals surface area contributed by atoms with Crippen LogP contribution in [-0.4, -0.2) is 29.9 Å². The number of carbonyl (C=O) groups is 1. The van der Waals surface area contributed by atoms with Crippen molar-refractivity contribution < 1.29 is 4.79 Å². The highest BCUT2D eigenvalue weighted by Gasteiger charge is 2.32. The van der Waals surface area contributed by atoms with Crippen molar-refractivity contribution in [3.05, 3.63) is 0 Å². The molecule has 0 aliphatic heterocycles. The van der Waals surface area contributed by atoms with Crippen LogP contribution in [0.5, 0.6) is 0 Å². The molecule has 2 N–H and O–H groups in total. The zero-order chi connectivity index (χ0) is 14.5. The summed E-state index contributed by atoms with van der Waals surface area (Å²) in [5, 5.41) is 0. The Bertz CT molecular complexity index is 300. The van der Waals surface area contributed by atoms with Crippen molar-refractivity contribution in [2.45, 2.75) is 83.2 Å². The molecule has 0 radical (unpaired) electrons. The van der Waals surface area contributed by atoms with Gasteiger partial charge in [-0.1, -0.05) is 39.0 Å². The summed E-state index contributed by atoms with van der Waals surface area (Å²) < 4.78 is 0. The smallest absolute Gasteiger partial charge is 0.225 e. The average Bonchev–Trinajstić information content (AvgIpc) is 2.74. The van der Waals surface area contributed by atoms with Gasteiger partial charge in [0.1, 0.15) is 0 Å². The highest BCUT2D eigenvalue weighted by molar-refractivity contribution is 5.78. The predicted octanol–water partition coefficient (Wildman–Crippen LogP) is 3.32. The van der Waals surface area contributed by atoms with Crippen LogP contribution in [0.25, 0.3) is 0 Å². The van der Waals surface area contributed by atoms with E-state index in [1.165, 1.54) is 51.4 Å². The fourth-order valence-corrected chi connectivity index (χ4v) is 4.07. The molecule has 3 heteroatoms. The molecule has 2 aliphatic carbocycles. The molecule has 0 aromatic heterocycles. The summed E-state index contributed by atoms with van der Waals surface area (Å²) in [6.07, 6.45) is 12.2. The fraction of sp³-hybridized carbons (Fsp3) is 0.941. The number of nitrogens with zero attached hydrogens (tertiary/aromatic N) is 1. The third-order valence-electron chi connectivity index (χ3n) is 5.57. The van der Waals surface area contributed by atoms with Crippen molar-refractivity contribution in [2.75, 3.05) is 7.05 Å². The molecule has 0 bridgehead atoms. The van der Waals surface area contributed by atoms with Gasteiger partial charge in [0.05, 0.1) is 0 Å². The van der Waals surface area contributed by atoms with Crippen LogP contribution in [0.15, 0.2) is 0 Å². The Hall–Kier alpha value is -0.570. The van der Waals surface area contributed by atoms with Crippen molar-refractivity contribution in [2.24, 2.45) is 17.6 Å². The van der Waals surface area contributed by atoms with Crippen LogP contribution in [0.3, 0.4) is 0 Å². The Kier molecular flexibility index (Phi) is 5.88. The van der Waals surface area contributed by atoms with Crippen molar-refractivity contribution >= 4 is 5.91 Å². The lowest BCUT2D eigenvalue weighted by atomic mass is 9.78. The van der Waals surface area contributed by atoms with Gasteiger partial charge in [-0.2, -0.15) is 0 Å². The minimum absolute atomic E-state index is 0.148. The normalized spacial score (nSPS) is 30.6. The quantitative estimate of drug-likeness (QED) is 0.806. The van der Waals surface area contributed by atoms with Crippen molar-refractivity contribution in [1.82, 2.24) is 4.90 Å². The van der Waals surface area contributed by atoms with Gasteiger partial charge >= 0.3 is 0 Å². The second-order valence-electron chi connectivity index (χ2n) is 7.07. The second kappa shape index (κ2) is 7.44. The third-order valence-corrected chi connectivity index (χ3v) is 5.57. The van der Waals surface area contributed by atoms with E-state index >= 15 is 0 Å². The lowest BCUT2D eigenvalue weighted by molar-refractivity contribution is -0.138. The first-order valence-electron chi connectivity index (χ1n) is 8.62. The number of amides is 1. The van der Waals surface area contributed by atoms with Gasteiger partial charge in [0.15, 0.2) is 0 Å². The van der Waals surface area contributed by atoms with Crippen LogP contribution in [0, 0.1) is 11.8 Å². The van der Waals surface area contributed by atoms with Crippen LogP contribution >= 0.6 is 0 Å². The summed E-state index contributed by atoms with van der Waals surface area (Å²) in [6.45, 7) is 2.12. The Balaban J connectivity index is 1.91. The molecule has 3 nitrogen and oxygen atoms in total. The predicted molar refractivity (Wildman–Crippen MR) is 83.4 cm³/mol. The molecule has 3 atom stereocenters. The molecule has 0 saturated heterocycles. The van der Waals surface area contributed by atoms with Crippen molar-refractivity contribution in [1.29, 1.82) is 0 Å². The highest BCUT2D eigenvalue weighted by atomic mass is 16.2. The van der Waals surface area contributed by atoms with E-state index < -0.39 is 0 Å². The minimum atomic E-state index is 0.148. The molecule has 0 aromatic carbocycles. The van der Waals surface area contributed by atoms with Crippen LogP contribution in [0.4, 0.5) is 0 Å². The number of carbonyl (C=O) groups excluding carboxylic acids is 1. The van der Waals surface area contributed by atoms with Gasteiger partial charge in [0.2, 0.25) is 5.91 Å². The van der Waals surface area contributed by atoms with Gasteiger partial charge < -0.3 is 10.6 Å². The van der Waals surface area contributed by atoms with E-state index in [-0.39, 0.29) is 5.92 Å².